The normalized spacial score (nSPS) is 10.3. The molecule has 2 rings (SSSR count). The molecule has 18 heavy (non-hydrogen) atoms. The van der Waals surface area contributed by atoms with Crippen LogP contribution in [-0.2, 0) is 6.54 Å². The Morgan fingerprint density at radius 3 is 2.78 bits per heavy atom. The predicted octanol–water partition coefficient (Wildman–Crippen LogP) is 2.73. The average molecular weight is 270 g/mol. The Bertz CT molecular complexity index is 573. The lowest BCUT2D eigenvalue weighted by Gasteiger charge is -2.08. The van der Waals surface area contributed by atoms with Crippen LogP contribution in [0.25, 0.3) is 0 Å². The molecule has 0 bridgehead atoms. The van der Waals surface area contributed by atoms with Crippen molar-refractivity contribution in [3.8, 4) is 0 Å². The first-order valence-electron chi connectivity index (χ1n) is 4.92. The minimum atomic E-state index is -1.50. The molecule has 0 spiro atoms. The zero-order valence-corrected chi connectivity index (χ0v) is 9.80. The van der Waals surface area contributed by atoms with Gasteiger partial charge in [0.1, 0.15) is 0 Å². The highest BCUT2D eigenvalue weighted by Gasteiger charge is 2.17. The Labute approximate surface area is 105 Å². The second-order valence-electron chi connectivity index (χ2n) is 3.42. The molecular formula is C11H8F2N2O2S. The Kier molecular flexibility index (Phi) is 3.52. The zero-order chi connectivity index (χ0) is 13.1. The van der Waals surface area contributed by atoms with Gasteiger partial charge in [-0.3, -0.25) is 4.98 Å². The van der Waals surface area contributed by atoms with Crippen LogP contribution >= 0.6 is 11.3 Å². The maximum absolute atomic E-state index is 13.5. The molecular weight excluding hydrogens is 262 g/mol. The molecule has 0 fully saturated rings. The summed E-state index contributed by atoms with van der Waals surface area (Å²) in [5.41, 5.74) is 0.864. The molecule has 0 saturated carbocycles. The minimum Gasteiger partial charge on any atom is -0.478 e. The standard InChI is InChI=1S/C11H8F2N2O2S/c12-9-7(11(16)17)1-2-8(10(9)13)15-4-6-3-14-5-18-6/h1-3,5,15H,4H2,(H,16,17). The van der Waals surface area contributed by atoms with E-state index in [0.717, 1.165) is 10.9 Å². The minimum absolute atomic E-state index is 0.0779. The Balaban J connectivity index is 2.19. The van der Waals surface area contributed by atoms with Crippen LogP contribution in [-0.4, -0.2) is 16.1 Å². The Morgan fingerprint density at radius 1 is 1.39 bits per heavy atom. The van der Waals surface area contributed by atoms with E-state index < -0.39 is 23.2 Å². The van der Waals surface area contributed by atoms with E-state index in [1.54, 1.807) is 11.7 Å². The molecule has 0 unspecified atom stereocenters. The number of carbonyl (C=O) groups is 1. The van der Waals surface area contributed by atoms with E-state index >= 15 is 0 Å². The molecule has 7 heteroatoms. The second-order valence-corrected chi connectivity index (χ2v) is 4.39. The number of nitrogens with zero attached hydrogens (tertiary/aromatic N) is 1. The summed E-state index contributed by atoms with van der Waals surface area (Å²) in [6.45, 7) is 0.299. The van der Waals surface area contributed by atoms with Gasteiger partial charge in [-0.15, -0.1) is 11.3 Å². The highest BCUT2D eigenvalue weighted by atomic mass is 32.1. The van der Waals surface area contributed by atoms with Crippen molar-refractivity contribution in [2.24, 2.45) is 0 Å². The zero-order valence-electron chi connectivity index (χ0n) is 8.98. The highest BCUT2D eigenvalue weighted by Crippen LogP contribution is 2.21. The maximum Gasteiger partial charge on any atom is 0.338 e. The van der Waals surface area contributed by atoms with E-state index in [0.29, 0.717) is 6.54 Å². The van der Waals surface area contributed by atoms with E-state index in [9.17, 15) is 13.6 Å². The van der Waals surface area contributed by atoms with Crippen LogP contribution < -0.4 is 5.32 Å². The summed E-state index contributed by atoms with van der Waals surface area (Å²) in [6, 6.07) is 2.22. The Hall–Kier alpha value is -2.02. The van der Waals surface area contributed by atoms with Crippen LogP contribution in [0.3, 0.4) is 0 Å². The third-order valence-electron chi connectivity index (χ3n) is 2.25. The monoisotopic (exact) mass is 270 g/mol. The molecule has 2 N–H and O–H groups in total. The predicted molar refractivity (Wildman–Crippen MR) is 62.8 cm³/mol. The molecule has 0 radical (unpaired) electrons. The quantitative estimate of drug-likeness (QED) is 0.896. The number of rotatable bonds is 4. The van der Waals surface area contributed by atoms with E-state index in [-0.39, 0.29) is 5.69 Å². The van der Waals surface area contributed by atoms with Crippen LogP contribution in [0.4, 0.5) is 14.5 Å². The third kappa shape index (κ3) is 2.45. The number of aromatic carboxylic acids is 1. The maximum atomic E-state index is 13.5. The van der Waals surface area contributed by atoms with Gasteiger partial charge in [-0.1, -0.05) is 0 Å². The van der Waals surface area contributed by atoms with Crippen molar-refractivity contribution in [2.75, 3.05) is 5.32 Å². The van der Waals surface area contributed by atoms with Crippen LogP contribution in [0.2, 0.25) is 0 Å². The molecule has 1 aromatic heterocycles. The van der Waals surface area contributed by atoms with E-state index in [1.807, 2.05) is 0 Å². The first-order valence-corrected chi connectivity index (χ1v) is 5.80. The topological polar surface area (TPSA) is 62.2 Å². The van der Waals surface area contributed by atoms with E-state index in [4.69, 9.17) is 5.11 Å². The van der Waals surface area contributed by atoms with Crippen LogP contribution in [0.1, 0.15) is 15.2 Å². The number of carboxylic acids is 1. The lowest BCUT2D eigenvalue weighted by atomic mass is 10.2. The van der Waals surface area contributed by atoms with E-state index in [2.05, 4.69) is 10.3 Å². The van der Waals surface area contributed by atoms with Gasteiger partial charge in [0.2, 0.25) is 0 Å². The number of hydrogen-bond donors (Lipinski definition) is 2. The number of aromatic nitrogens is 1. The summed E-state index contributed by atoms with van der Waals surface area (Å²) >= 11 is 1.38. The van der Waals surface area contributed by atoms with Crippen LogP contribution in [0.15, 0.2) is 23.8 Å². The highest BCUT2D eigenvalue weighted by molar-refractivity contribution is 7.09. The summed E-state index contributed by atoms with van der Waals surface area (Å²) in [7, 11) is 0. The third-order valence-corrected chi connectivity index (χ3v) is 3.03. The fourth-order valence-corrected chi connectivity index (χ4v) is 1.90. The van der Waals surface area contributed by atoms with Crippen molar-refractivity contribution in [2.45, 2.75) is 6.54 Å². The number of halogens is 2. The van der Waals surface area contributed by atoms with Gasteiger partial charge in [0.15, 0.2) is 11.6 Å². The van der Waals surface area contributed by atoms with Gasteiger partial charge in [0.25, 0.3) is 0 Å². The summed E-state index contributed by atoms with van der Waals surface area (Å²) in [5, 5.41) is 11.3. The van der Waals surface area contributed by atoms with Crippen molar-refractivity contribution in [1.82, 2.24) is 4.98 Å². The number of benzene rings is 1. The van der Waals surface area contributed by atoms with Crippen molar-refractivity contribution in [1.29, 1.82) is 0 Å². The number of nitrogens with one attached hydrogen (secondary N) is 1. The first kappa shape index (κ1) is 12.4. The van der Waals surface area contributed by atoms with Crippen molar-refractivity contribution < 1.29 is 18.7 Å². The molecule has 0 aliphatic rings. The summed E-state index contributed by atoms with van der Waals surface area (Å²) in [6.07, 6.45) is 1.61. The summed E-state index contributed by atoms with van der Waals surface area (Å²) < 4.78 is 26.9. The number of carboxylic acid groups (broad SMARTS) is 1. The summed E-state index contributed by atoms with van der Waals surface area (Å²) in [5.74, 6) is -4.06. The Morgan fingerprint density at radius 2 is 2.17 bits per heavy atom. The van der Waals surface area contributed by atoms with Gasteiger partial charge in [-0.25, -0.2) is 13.6 Å². The second kappa shape index (κ2) is 5.09. The molecule has 2 aromatic rings. The molecule has 0 aliphatic carbocycles. The SMILES string of the molecule is O=C(O)c1ccc(NCc2cncs2)c(F)c1F. The van der Waals surface area contributed by atoms with Gasteiger partial charge < -0.3 is 10.4 Å². The number of hydrogen-bond acceptors (Lipinski definition) is 4. The average Bonchev–Trinajstić information content (AvgIpc) is 2.83. The lowest BCUT2D eigenvalue weighted by molar-refractivity contribution is 0.0690. The molecule has 94 valence electrons. The fraction of sp³-hybridized carbons (Fsp3) is 0.0909. The van der Waals surface area contributed by atoms with E-state index in [1.165, 1.54) is 17.4 Å². The van der Waals surface area contributed by atoms with Crippen molar-refractivity contribution in [3.05, 3.63) is 45.9 Å². The number of thiazole rings is 1. The smallest absolute Gasteiger partial charge is 0.338 e. The van der Waals surface area contributed by atoms with Crippen molar-refractivity contribution >= 4 is 23.0 Å². The molecule has 1 heterocycles. The van der Waals surface area contributed by atoms with Gasteiger partial charge in [-0.05, 0) is 12.1 Å². The van der Waals surface area contributed by atoms with Gasteiger partial charge >= 0.3 is 5.97 Å². The molecule has 0 saturated heterocycles. The van der Waals surface area contributed by atoms with Crippen molar-refractivity contribution in [3.63, 3.8) is 0 Å². The molecule has 0 aliphatic heterocycles. The fourth-order valence-electron chi connectivity index (χ4n) is 1.36. The van der Waals surface area contributed by atoms with Gasteiger partial charge in [0.05, 0.1) is 23.3 Å². The molecule has 1 aromatic carbocycles. The molecule has 4 nitrogen and oxygen atoms in total. The van der Waals surface area contributed by atoms with Gasteiger partial charge in [-0.2, -0.15) is 0 Å². The van der Waals surface area contributed by atoms with Crippen LogP contribution in [0.5, 0.6) is 0 Å². The lowest BCUT2D eigenvalue weighted by Crippen LogP contribution is -2.07. The van der Waals surface area contributed by atoms with Crippen LogP contribution in [0, 0.1) is 11.6 Å². The molecule has 0 amide bonds. The van der Waals surface area contributed by atoms with Gasteiger partial charge in [0, 0.05) is 11.1 Å². The first-order chi connectivity index (χ1) is 8.59. The molecule has 0 atom stereocenters. The summed E-state index contributed by atoms with van der Waals surface area (Å²) in [4.78, 5) is 15.3. The largest absolute Gasteiger partial charge is 0.478 e. The number of anilines is 1.